The molecule has 33 heavy (non-hydrogen) atoms. The van der Waals surface area contributed by atoms with Gasteiger partial charge in [-0.1, -0.05) is 11.6 Å². The van der Waals surface area contributed by atoms with Crippen molar-refractivity contribution in [3.63, 3.8) is 0 Å². The molecular formula is C22H29ClN4O6. The number of nitrogens with one attached hydrogen (secondary N) is 1. The molecule has 1 atom stereocenters. The van der Waals surface area contributed by atoms with Crippen LogP contribution in [0.5, 0.6) is 5.88 Å². The number of esters is 1. The molecule has 0 aromatic carbocycles. The van der Waals surface area contributed by atoms with Crippen molar-refractivity contribution < 1.29 is 28.7 Å². The third-order valence-electron chi connectivity index (χ3n) is 6.37. The summed E-state index contributed by atoms with van der Waals surface area (Å²) in [7, 11) is 2.69. The monoisotopic (exact) mass is 480 g/mol. The van der Waals surface area contributed by atoms with E-state index in [2.05, 4.69) is 10.3 Å². The number of amides is 3. The lowest BCUT2D eigenvalue weighted by molar-refractivity contribution is -0.147. The first-order valence-corrected chi connectivity index (χ1v) is 11.2. The van der Waals surface area contributed by atoms with E-state index in [1.165, 1.54) is 27.2 Å². The largest absolute Gasteiger partial charge is 0.481 e. The molecule has 1 spiro atoms. The maximum Gasteiger partial charge on any atom is 0.328 e. The van der Waals surface area contributed by atoms with Crippen LogP contribution < -0.4 is 10.1 Å². The van der Waals surface area contributed by atoms with E-state index in [1.54, 1.807) is 15.9 Å². The van der Waals surface area contributed by atoms with Crippen molar-refractivity contribution in [2.45, 2.75) is 38.6 Å². The summed E-state index contributed by atoms with van der Waals surface area (Å²) in [4.78, 5) is 56.5. The number of piperidine rings is 1. The van der Waals surface area contributed by atoms with Gasteiger partial charge >= 0.3 is 5.97 Å². The van der Waals surface area contributed by atoms with Crippen LogP contribution in [0.1, 0.15) is 43.0 Å². The molecule has 0 radical (unpaired) electrons. The second kappa shape index (κ2) is 10.4. The summed E-state index contributed by atoms with van der Waals surface area (Å²) < 4.78 is 9.80. The standard InChI is InChI=1S/C22H29ClN4O6/c1-14(28)24-16(21(31)33-3)12-19(29)27-9-6-22(13-27)4-7-26(8-5-22)20(30)15-10-17(23)25-18(11-15)32-2/h10-11,16H,4-9,12-13H2,1-3H3,(H,24,28). The summed E-state index contributed by atoms with van der Waals surface area (Å²) in [5.41, 5.74) is 0.368. The third-order valence-corrected chi connectivity index (χ3v) is 6.56. The summed E-state index contributed by atoms with van der Waals surface area (Å²) in [5, 5.41) is 2.67. The molecule has 10 nitrogen and oxygen atoms in total. The SMILES string of the molecule is COC(=O)C(CC(=O)N1CCC2(CCN(C(=O)c3cc(Cl)nc(OC)c3)CC2)C1)NC(C)=O. The van der Waals surface area contributed by atoms with Gasteiger partial charge in [0.2, 0.25) is 17.7 Å². The Bertz CT molecular complexity index is 931. The molecule has 0 aliphatic carbocycles. The predicted molar refractivity (Wildman–Crippen MR) is 119 cm³/mol. The Kier molecular flexibility index (Phi) is 7.78. The minimum absolute atomic E-state index is 0.0607. The van der Waals surface area contributed by atoms with Crippen LogP contribution >= 0.6 is 11.6 Å². The fraction of sp³-hybridized carbons (Fsp3) is 0.591. The molecule has 180 valence electrons. The molecule has 1 unspecified atom stereocenters. The van der Waals surface area contributed by atoms with Gasteiger partial charge in [0.25, 0.3) is 5.91 Å². The lowest BCUT2D eigenvalue weighted by Gasteiger charge is -2.39. The first-order chi connectivity index (χ1) is 15.7. The second-order valence-corrected chi connectivity index (χ2v) is 8.95. The highest BCUT2D eigenvalue weighted by Crippen LogP contribution is 2.41. The Morgan fingerprint density at radius 3 is 2.33 bits per heavy atom. The highest BCUT2D eigenvalue weighted by atomic mass is 35.5. The van der Waals surface area contributed by atoms with E-state index < -0.39 is 17.9 Å². The zero-order chi connectivity index (χ0) is 24.2. The zero-order valence-electron chi connectivity index (χ0n) is 19.1. The highest BCUT2D eigenvalue weighted by molar-refractivity contribution is 6.29. The quantitative estimate of drug-likeness (QED) is 0.481. The fourth-order valence-electron chi connectivity index (χ4n) is 4.51. The number of rotatable bonds is 6. The molecule has 2 aliphatic heterocycles. The maximum absolute atomic E-state index is 12.9. The summed E-state index contributed by atoms with van der Waals surface area (Å²) >= 11 is 6.00. The van der Waals surface area contributed by atoms with Gasteiger partial charge in [0.1, 0.15) is 11.2 Å². The first kappa shape index (κ1) is 24.8. The Morgan fingerprint density at radius 1 is 1.12 bits per heavy atom. The lowest BCUT2D eigenvalue weighted by Crippen LogP contribution is -2.46. The van der Waals surface area contributed by atoms with Gasteiger partial charge in [0, 0.05) is 44.7 Å². The van der Waals surface area contributed by atoms with E-state index in [0.717, 1.165) is 19.3 Å². The number of hydrogen-bond donors (Lipinski definition) is 1. The van der Waals surface area contributed by atoms with E-state index in [-0.39, 0.29) is 34.7 Å². The van der Waals surface area contributed by atoms with E-state index in [1.807, 2.05) is 0 Å². The number of halogens is 1. The average molecular weight is 481 g/mol. The van der Waals surface area contributed by atoms with E-state index in [0.29, 0.717) is 31.7 Å². The predicted octanol–water partition coefficient (Wildman–Crippen LogP) is 1.27. The van der Waals surface area contributed by atoms with Crippen molar-refractivity contribution >= 4 is 35.3 Å². The average Bonchev–Trinajstić information content (AvgIpc) is 3.21. The molecule has 3 rings (SSSR count). The highest BCUT2D eigenvalue weighted by Gasteiger charge is 2.43. The molecule has 11 heteroatoms. The smallest absolute Gasteiger partial charge is 0.328 e. The van der Waals surface area contributed by atoms with Crippen LogP contribution in [0.15, 0.2) is 12.1 Å². The molecule has 1 N–H and O–H groups in total. The number of carbonyl (C=O) groups is 4. The zero-order valence-corrected chi connectivity index (χ0v) is 19.8. The Labute approximate surface area is 197 Å². The van der Waals surface area contributed by atoms with E-state index in [4.69, 9.17) is 21.1 Å². The maximum atomic E-state index is 12.9. The van der Waals surface area contributed by atoms with Crippen molar-refractivity contribution in [3.05, 3.63) is 22.8 Å². The second-order valence-electron chi connectivity index (χ2n) is 8.56. The van der Waals surface area contributed by atoms with Crippen LogP contribution in [0.25, 0.3) is 0 Å². The number of carbonyl (C=O) groups excluding carboxylic acids is 4. The van der Waals surface area contributed by atoms with Crippen molar-refractivity contribution in [2.24, 2.45) is 5.41 Å². The minimum Gasteiger partial charge on any atom is -0.481 e. The molecule has 2 saturated heterocycles. The molecule has 0 saturated carbocycles. The summed E-state index contributed by atoms with van der Waals surface area (Å²) in [5.74, 6) is -1.09. The van der Waals surface area contributed by atoms with Gasteiger partial charge in [-0.2, -0.15) is 0 Å². The van der Waals surface area contributed by atoms with Gasteiger partial charge in [-0.15, -0.1) is 0 Å². The molecule has 3 heterocycles. The number of ether oxygens (including phenoxy) is 2. The molecule has 0 bridgehead atoms. The first-order valence-electron chi connectivity index (χ1n) is 10.8. The van der Waals surface area contributed by atoms with Crippen LogP contribution in [-0.4, -0.2) is 84.9 Å². The number of aromatic nitrogens is 1. The summed E-state index contributed by atoms with van der Waals surface area (Å²) in [6, 6.07) is 2.10. The molecule has 1 aromatic rings. The van der Waals surface area contributed by atoms with Crippen molar-refractivity contribution in [1.82, 2.24) is 20.1 Å². The van der Waals surface area contributed by atoms with Crippen LogP contribution in [0.2, 0.25) is 5.15 Å². The van der Waals surface area contributed by atoms with Gasteiger partial charge in [0.05, 0.1) is 20.6 Å². The fourth-order valence-corrected chi connectivity index (χ4v) is 4.71. The van der Waals surface area contributed by atoms with Crippen LogP contribution in [0.3, 0.4) is 0 Å². The number of pyridine rings is 1. The Balaban J connectivity index is 1.57. The number of hydrogen-bond acceptors (Lipinski definition) is 7. The topological polar surface area (TPSA) is 118 Å². The molecule has 3 amide bonds. The van der Waals surface area contributed by atoms with Crippen LogP contribution in [0, 0.1) is 5.41 Å². The lowest BCUT2D eigenvalue weighted by atomic mass is 9.77. The van der Waals surface area contributed by atoms with Crippen LogP contribution in [0.4, 0.5) is 0 Å². The molecule has 2 aliphatic rings. The van der Waals surface area contributed by atoms with Gasteiger partial charge in [-0.05, 0) is 30.7 Å². The van der Waals surface area contributed by atoms with Crippen molar-refractivity contribution in [1.29, 1.82) is 0 Å². The number of methoxy groups -OCH3 is 2. The summed E-state index contributed by atoms with van der Waals surface area (Å²) in [6.07, 6.45) is 2.23. The normalized spacial score (nSPS) is 18.1. The minimum atomic E-state index is -1.000. The Morgan fingerprint density at radius 2 is 1.76 bits per heavy atom. The van der Waals surface area contributed by atoms with Gasteiger partial charge in [-0.25, -0.2) is 9.78 Å². The van der Waals surface area contributed by atoms with Crippen LogP contribution in [-0.2, 0) is 19.1 Å². The van der Waals surface area contributed by atoms with E-state index >= 15 is 0 Å². The van der Waals surface area contributed by atoms with Crippen molar-refractivity contribution in [3.8, 4) is 5.88 Å². The van der Waals surface area contributed by atoms with Gasteiger partial charge in [-0.3, -0.25) is 14.4 Å². The van der Waals surface area contributed by atoms with Crippen molar-refractivity contribution in [2.75, 3.05) is 40.4 Å². The van der Waals surface area contributed by atoms with E-state index in [9.17, 15) is 19.2 Å². The Hall–Kier alpha value is -2.88. The van der Waals surface area contributed by atoms with Gasteiger partial charge < -0.3 is 24.6 Å². The number of likely N-dealkylation sites (tertiary alicyclic amines) is 2. The molecule has 1 aromatic heterocycles. The molecule has 2 fully saturated rings. The summed E-state index contributed by atoms with van der Waals surface area (Å²) in [6.45, 7) is 3.57. The number of nitrogens with zero attached hydrogens (tertiary/aromatic N) is 3. The van der Waals surface area contributed by atoms with Gasteiger partial charge in [0.15, 0.2) is 0 Å². The third kappa shape index (κ3) is 5.93. The molecular weight excluding hydrogens is 452 g/mol.